The van der Waals surface area contributed by atoms with Gasteiger partial charge in [-0.25, -0.2) is 0 Å². The Hall–Kier alpha value is -0.153. The molecule has 5 aliphatic rings. The maximum atomic E-state index is 12.0. The van der Waals surface area contributed by atoms with Gasteiger partial charge in [-0.05, 0) is 65.5 Å². The van der Waals surface area contributed by atoms with Crippen molar-refractivity contribution in [1.82, 2.24) is 0 Å². The van der Waals surface area contributed by atoms with E-state index in [1.54, 1.807) is 0 Å². The van der Waals surface area contributed by atoms with Crippen molar-refractivity contribution in [1.29, 1.82) is 0 Å². The Morgan fingerprint density at radius 3 is 1.87 bits per heavy atom. The highest BCUT2D eigenvalue weighted by Gasteiger charge is 2.83. The third kappa shape index (κ3) is 1.82. The molecular weight excluding hydrogens is 300 g/mol. The van der Waals surface area contributed by atoms with Crippen LogP contribution in [0.15, 0.2) is 0 Å². The van der Waals surface area contributed by atoms with E-state index < -0.39 is 8.32 Å². The van der Waals surface area contributed by atoms with Gasteiger partial charge in [0.2, 0.25) is 8.32 Å². The molecule has 8 atom stereocenters. The zero-order valence-electron chi connectivity index (χ0n) is 15.9. The van der Waals surface area contributed by atoms with Gasteiger partial charge in [0.05, 0.1) is 6.10 Å². The lowest BCUT2D eigenvalue weighted by molar-refractivity contribution is -0.122. The number of rotatable bonds is 6. The summed E-state index contributed by atoms with van der Waals surface area (Å²) in [6, 6.07) is 0. The number of ketones is 1. The zero-order chi connectivity index (χ0) is 16.8. The Morgan fingerprint density at radius 1 is 0.870 bits per heavy atom. The molecule has 6 bridgehead atoms. The van der Waals surface area contributed by atoms with Crippen molar-refractivity contribution in [3.63, 3.8) is 0 Å². The van der Waals surface area contributed by atoms with Crippen LogP contribution in [0.3, 0.4) is 0 Å². The number of hydrogen-bond donors (Lipinski definition) is 0. The van der Waals surface area contributed by atoms with Crippen molar-refractivity contribution in [3.8, 4) is 0 Å². The molecule has 5 aliphatic carbocycles. The molecule has 0 unspecified atom stereocenters. The highest BCUT2D eigenvalue weighted by Crippen LogP contribution is 2.83. The van der Waals surface area contributed by atoms with E-state index in [2.05, 4.69) is 41.5 Å². The summed E-state index contributed by atoms with van der Waals surface area (Å²) in [5, 5.41) is 0. The van der Waals surface area contributed by atoms with Gasteiger partial charge in [-0.2, -0.15) is 0 Å². The van der Waals surface area contributed by atoms with E-state index in [1.165, 1.54) is 6.42 Å². The second-order valence-electron chi connectivity index (χ2n) is 9.90. The fourth-order valence-electron chi connectivity index (χ4n) is 7.96. The first-order chi connectivity index (χ1) is 10.7. The highest BCUT2D eigenvalue weighted by molar-refractivity contribution is 6.77. The summed E-state index contributed by atoms with van der Waals surface area (Å²) < 4.78 is 7.23. The van der Waals surface area contributed by atoms with Crippen LogP contribution < -0.4 is 0 Å². The summed E-state index contributed by atoms with van der Waals surface area (Å²) in [7, 11) is -1.79. The number of hydrogen-bond acceptors (Lipinski definition) is 2. The molecule has 0 aromatic carbocycles. The molecule has 5 fully saturated rings. The van der Waals surface area contributed by atoms with E-state index in [0.717, 1.165) is 29.6 Å². The number of Topliss-reactive ketones (excluding diaryl/α,β-unsaturated/α-hetero) is 1. The van der Waals surface area contributed by atoms with Crippen LogP contribution in [0.1, 0.15) is 54.9 Å². The molecule has 130 valence electrons. The fraction of sp³-hybridized carbons (Fsp3) is 0.950. The van der Waals surface area contributed by atoms with Crippen LogP contribution in [0.4, 0.5) is 0 Å². The molecule has 0 spiro atoms. The Balaban J connectivity index is 1.61. The van der Waals surface area contributed by atoms with Gasteiger partial charge in [0.1, 0.15) is 5.78 Å². The predicted molar refractivity (Wildman–Crippen MR) is 95.6 cm³/mol. The second-order valence-corrected chi connectivity index (χ2v) is 15.3. The molecule has 0 saturated heterocycles. The summed E-state index contributed by atoms with van der Waals surface area (Å²) in [5.41, 5.74) is 2.00. The molecule has 2 nitrogen and oxygen atoms in total. The van der Waals surface area contributed by atoms with Crippen molar-refractivity contribution >= 4 is 14.1 Å². The first-order valence-electron chi connectivity index (χ1n) is 9.91. The fourth-order valence-corrected chi connectivity index (χ4v) is 13.6. The van der Waals surface area contributed by atoms with Crippen LogP contribution in [-0.4, -0.2) is 20.2 Å². The van der Waals surface area contributed by atoms with Crippen LogP contribution >= 0.6 is 0 Å². The minimum absolute atomic E-state index is 0.373. The van der Waals surface area contributed by atoms with E-state index in [0.29, 0.717) is 40.3 Å². The second kappa shape index (κ2) is 4.94. The Morgan fingerprint density at radius 2 is 1.43 bits per heavy atom. The van der Waals surface area contributed by atoms with Crippen LogP contribution in [0.2, 0.25) is 16.6 Å². The first-order valence-corrected chi connectivity index (χ1v) is 12.1. The van der Waals surface area contributed by atoms with Crippen LogP contribution in [0, 0.1) is 41.4 Å². The van der Waals surface area contributed by atoms with Gasteiger partial charge >= 0.3 is 0 Å². The summed E-state index contributed by atoms with van der Waals surface area (Å²) in [5.74, 6) is 5.68. The highest BCUT2D eigenvalue weighted by atomic mass is 28.4. The van der Waals surface area contributed by atoms with Gasteiger partial charge in [0.15, 0.2) is 0 Å². The SMILES string of the molecule is CC(=O)[C@@H]1C[C@H]2[C@@H]3[C@@H]4[C@H](O[Si](C(C)C)(C(C)C)C(C)C)[C@H]2[C@H]1[C@H]34. The lowest BCUT2D eigenvalue weighted by atomic mass is 9.85. The monoisotopic (exact) mass is 334 g/mol. The van der Waals surface area contributed by atoms with E-state index in [4.69, 9.17) is 4.43 Å². The molecule has 5 rings (SSSR count). The third-order valence-corrected chi connectivity index (χ3v) is 14.5. The molecule has 0 aliphatic heterocycles. The Labute approximate surface area is 142 Å². The lowest BCUT2D eigenvalue weighted by Gasteiger charge is -2.45. The van der Waals surface area contributed by atoms with Crippen LogP contribution in [-0.2, 0) is 9.22 Å². The molecule has 23 heavy (non-hydrogen) atoms. The summed E-state index contributed by atoms with van der Waals surface area (Å²) >= 11 is 0. The summed E-state index contributed by atoms with van der Waals surface area (Å²) in [6.07, 6.45) is 1.69. The standard InChI is InChI=1S/C20H34O2Si/c1-9(2)23(10(3)4,11(5)6)22-20-17-14-8-13(12(7)21)15(17)18-16(14)19(18)20/h9-11,13-20H,8H2,1-7H3/t13-,14-,15-,16-,17+,18+,19-,20+/m0/s1. The van der Waals surface area contributed by atoms with Crippen LogP contribution in [0.5, 0.6) is 0 Å². The Kier molecular flexibility index (Phi) is 3.50. The lowest BCUT2D eigenvalue weighted by Crippen LogP contribution is -2.51. The normalized spacial score (nSPS) is 46.5. The van der Waals surface area contributed by atoms with Crippen LogP contribution in [0.25, 0.3) is 0 Å². The maximum absolute atomic E-state index is 12.0. The zero-order valence-corrected chi connectivity index (χ0v) is 16.9. The molecule has 0 aromatic heterocycles. The molecule has 0 heterocycles. The summed E-state index contributed by atoms with van der Waals surface area (Å²) in [4.78, 5) is 12.0. The van der Waals surface area contributed by atoms with Crippen molar-refractivity contribution in [3.05, 3.63) is 0 Å². The molecule has 0 radical (unpaired) electrons. The average Bonchev–Trinajstić information content (AvgIpc) is 2.71. The van der Waals surface area contributed by atoms with Crippen molar-refractivity contribution < 1.29 is 9.22 Å². The van der Waals surface area contributed by atoms with Gasteiger partial charge in [0.25, 0.3) is 0 Å². The Bertz CT molecular complexity index is 504. The van der Waals surface area contributed by atoms with Gasteiger partial charge < -0.3 is 4.43 Å². The third-order valence-electron chi connectivity index (χ3n) is 8.39. The maximum Gasteiger partial charge on any atom is 0.200 e. The van der Waals surface area contributed by atoms with Gasteiger partial charge in [0, 0.05) is 5.92 Å². The smallest absolute Gasteiger partial charge is 0.200 e. The first kappa shape index (κ1) is 16.3. The molecule has 3 heteroatoms. The minimum atomic E-state index is -1.79. The van der Waals surface area contributed by atoms with Gasteiger partial charge in [-0.15, -0.1) is 0 Å². The average molecular weight is 335 g/mol. The van der Waals surface area contributed by atoms with E-state index in [1.807, 2.05) is 6.92 Å². The van der Waals surface area contributed by atoms with Gasteiger partial charge in [-0.1, -0.05) is 41.5 Å². The largest absolute Gasteiger partial charge is 0.413 e. The molecular formula is C20H34O2Si. The minimum Gasteiger partial charge on any atom is -0.413 e. The van der Waals surface area contributed by atoms with Crippen molar-refractivity contribution in [2.24, 2.45) is 41.4 Å². The van der Waals surface area contributed by atoms with Crippen molar-refractivity contribution in [2.75, 3.05) is 0 Å². The number of carbonyl (C=O) groups is 1. The summed E-state index contributed by atoms with van der Waals surface area (Å²) in [6.45, 7) is 16.2. The van der Waals surface area contributed by atoms with Gasteiger partial charge in [-0.3, -0.25) is 4.79 Å². The topological polar surface area (TPSA) is 26.3 Å². The van der Waals surface area contributed by atoms with E-state index >= 15 is 0 Å². The molecule has 0 N–H and O–H groups in total. The molecule has 0 amide bonds. The molecule has 0 aromatic rings. The number of carbonyl (C=O) groups excluding carboxylic acids is 1. The van der Waals surface area contributed by atoms with E-state index in [9.17, 15) is 4.79 Å². The predicted octanol–water partition coefficient (Wildman–Crippen LogP) is 4.89. The van der Waals surface area contributed by atoms with E-state index in [-0.39, 0.29) is 0 Å². The quantitative estimate of drug-likeness (QED) is 0.646. The molecule has 5 saturated carbocycles. The van der Waals surface area contributed by atoms with Crippen molar-refractivity contribution in [2.45, 2.75) is 77.6 Å².